The maximum absolute atomic E-state index is 5.00. The lowest BCUT2D eigenvalue weighted by molar-refractivity contribution is 0.991. The fraction of sp³-hybridized carbons (Fsp3) is 0.0820. The predicted molar refractivity (Wildman–Crippen MR) is 276 cm³/mol. The van der Waals surface area contributed by atoms with E-state index in [9.17, 15) is 0 Å². The molecule has 0 saturated carbocycles. The summed E-state index contributed by atoms with van der Waals surface area (Å²) in [5, 5.41) is 4.96. The molecule has 0 aliphatic carbocycles. The van der Waals surface area contributed by atoms with E-state index in [1.54, 1.807) is 0 Å². The Kier molecular flexibility index (Phi) is 11.8. The fourth-order valence-corrected chi connectivity index (χ4v) is 8.39. The quantitative estimate of drug-likeness (QED) is 0.149. The van der Waals surface area contributed by atoms with Crippen molar-refractivity contribution in [2.24, 2.45) is 0 Å². The fourth-order valence-electron chi connectivity index (χ4n) is 8.39. The van der Waals surface area contributed by atoms with Gasteiger partial charge in [-0.05, 0) is 84.5 Å². The van der Waals surface area contributed by atoms with Gasteiger partial charge in [0.2, 0.25) is 0 Å². The van der Waals surface area contributed by atoms with Crippen molar-refractivity contribution in [3.8, 4) is 79.2 Å². The third-order valence-electron chi connectivity index (χ3n) is 12.1. The van der Waals surface area contributed by atoms with Gasteiger partial charge in [-0.3, -0.25) is 0 Å². The van der Waals surface area contributed by atoms with Crippen LogP contribution in [0.2, 0.25) is 0 Å². The molecular formula is C61H48N6. The highest BCUT2D eigenvalue weighted by Gasteiger charge is 2.15. The minimum atomic E-state index is 0.654. The molecule has 0 atom stereocenters. The summed E-state index contributed by atoms with van der Waals surface area (Å²) < 4.78 is 0. The van der Waals surface area contributed by atoms with Crippen LogP contribution in [0, 0.1) is 34.6 Å². The first kappa shape index (κ1) is 42.5. The minimum Gasteiger partial charge on any atom is -0.213 e. The summed E-state index contributed by atoms with van der Waals surface area (Å²) in [4.78, 5) is 28.4. The lowest BCUT2D eigenvalue weighted by Gasteiger charge is -2.13. The molecular weight excluding hydrogens is 817 g/mol. The van der Waals surface area contributed by atoms with Gasteiger partial charge in [-0.2, -0.15) is 0 Å². The highest BCUT2D eigenvalue weighted by atomic mass is 15.0. The zero-order chi connectivity index (χ0) is 45.9. The van der Waals surface area contributed by atoms with E-state index in [0.29, 0.717) is 17.5 Å². The summed E-state index contributed by atoms with van der Waals surface area (Å²) in [6, 6.07) is 70.0. The van der Waals surface area contributed by atoms with Crippen LogP contribution in [0.15, 0.2) is 200 Å². The third-order valence-corrected chi connectivity index (χ3v) is 12.1. The lowest BCUT2D eigenvalue weighted by Crippen LogP contribution is -2.00. The molecule has 2 aromatic heterocycles. The standard InChI is InChI=1S/C43H31N3.C18H17N3/c1-28-17-21-31(22-18-28)41-44-42(32-23-19-29(2)20-24-32)46-43(45-41)34-12-6-11-33(27-34)36-14-8-16-38-37-15-7-13-35(30-9-4-3-5-10-30)39(37)25-26-40(36)38;1-12-4-8-15(9-5-12)17-19-14(3)20-18(21-17)16-10-6-13(2)7-11-16/h3-27H,1-2H3;4-11H,1-3H3. The zero-order valence-corrected chi connectivity index (χ0v) is 38.2. The molecule has 322 valence electrons. The summed E-state index contributed by atoms with van der Waals surface area (Å²) in [5.41, 5.74) is 14.5. The normalized spacial score (nSPS) is 11.1. The van der Waals surface area contributed by atoms with E-state index in [2.05, 4.69) is 219 Å². The van der Waals surface area contributed by atoms with Gasteiger partial charge in [-0.1, -0.05) is 216 Å². The van der Waals surface area contributed by atoms with Crippen molar-refractivity contribution in [1.29, 1.82) is 0 Å². The van der Waals surface area contributed by atoms with Crippen molar-refractivity contribution >= 4 is 21.5 Å². The minimum absolute atomic E-state index is 0.654. The second kappa shape index (κ2) is 18.6. The Hall–Kier alpha value is -8.48. The highest BCUT2D eigenvalue weighted by Crippen LogP contribution is 2.38. The average molecular weight is 865 g/mol. The van der Waals surface area contributed by atoms with Crippen LogP contribution in [0.4, 0.5) is 0 Å². The van der Waals surface area contributed by atoms with Crippen LogP contribution in [0.5, 0.6) is 0 Å². The topological polar surface area (TPSA) is 77.3 Å². The van der Waals surface area contributed by atoms with Crippen LogP contribution in [0.25, 0.3) is 101 Å². The molecule has 0 fully saturated rings. The second-order valence-corrected chi connectivity index (χ2v) is 17.1. The Morgan fingerprint density at radius 1 is 0.224 bits per heavy atom. The number of fused-ring (bicyclic) bond motifs is 3. The van der Waals surface area contributed by atoms with Gasteiger partial charge in [0.05, 0.1) is 0 Å². The Morgan fingerprint density at radius 2 is 0.552 bits per heavy atom. The monoisotopic (exact) mass is 864 g/mol. The van der Waals surface area contributed by atoms with E-state index >= 15 is 0 Å². The first-order valence-electron chi connectivity index (χ1n) is 22.6. The van der Waals surface area contributed by atoms with E-state index < -0.39 is 0 Å². The summed E-state index contributed by atoms with van der Waals surface area (Å²) in [5.74, 6) is 4.15. The van der Waals surface area contributed by atoms with E-state index in [1.807, 2.05) is 31.2 Å². The number of benzene rings is 9. The first-order valence-corrected chi connectivity index (χ1v) is 22.6. The third kappa shape index (κ3) is 9.24. The summed E-state index contributed by atoms with van der Waals surface area (Å²) in [6.45, 7) is 10.2. The SMILES string of the molecule is Cc1ccc(-c2nc(-c3ccc(C)cc3)nc(-c3cccc(-c4cccc5c4ccc4c(-c6ccccc6)cccc45)c3)n2)cc1.Cc1ccc(-c2nc(C)nc(-c3ccc(C)cc3)n2)cc1. The van der Waals surface area contributed by atoms with Crippen molar-refractivity contribution < 1.29 is 0 Å². The van der Waals surface area contributed by atoms with Crippen LogP contribution in [0.1, 0.15) is 28.1 Å². The molecule has 9 aromatic carbocycles. The van der Waals surface area contributed by atoms with Gasteiger partial charge in [-0.15, -0.1) is 0 Å². The molecule has 0 unspecified atom stereocenters. The summed E-state index contributed by atoms with van der Waals surface area (Å²) in [6.07, 6.45) is 0. The molecule has 67 heavy (non-hydrogen) atoms. The van der Waals surface area contributed by atoms with Gasteiger partial charge in [0.1, 0.15) is 5.82 Å². The molecule has 0 radical (unpaired) electrons. The van der Waals surface area contributed by atoms with Gasteiger partial charge < -0.3 is 0 Å². The molecule has 11 aromatic rings. The maximum Gasteiger partial charge on any atom is 0.164 e. The van der Waals surface area contributed by atoms with Gasteiger partial charge >= 0.3 is 0 Å². The number of nitrogens with zero attached hydrogens (tertiary/aromatic N) is 6. The number of hydrogen-bond acceptors (Lipinski definition) is 6. The average Bonchev–Trinajstić information content (AvgIpc) is 3.37. The summed E-state index contributed by atoms with van der Waals surface area (Å²) in [7, 11) is 0. The number of rotatable bonds is 7. The van der Waals surface area contributed by atoms with Gasteiger partial charge in [0.15, 0.2) is 29.1 Å². The predicted octanol–water partition coefficient (Wildman–Crippen LogP) is 15.3. The van der Waals surface area contributed by atoms with Crippen molar-refractivity contribution in [2.45, 2.75) is 34.6 Å². The largest absolute Gasteiger partial charge is 0.213 e. The Bertz CT molecular complexity index is 3400. The molecule has 6 nitrogen and oxygen atoms in total. The summed E-state index contributed by atoms with van der Waals surface area (Å²) >= 11 is 0. The smallest absolute Gasteiger partial charge is 0.164 e. The molecule has 0 saturated heterocycles. The zero-order valence-electron chi connectivity index (χ0n) is 38.2. The molecule has 0 aliphatic heterocycles. The lowest BCUT2D eigenvalue weighted by atomic mass is 9.91. The molecule has 2 heterocycles. The van der Waals surface area contributed by atoms with Crippen LogP contribution in [0.3, 0.4) is 0 Å². The number of aryl methyl sites for hydroxylation is 5. The van der Waals surface area contributed by atoms with E-state index in [1.165, 1.54) is 60.5 Å². The molecule has 0 N–H and O–H groups in total. The molecule has 6 heteroatoms. The molecule has 11 rings (SSSR count). The van der Waals surface area contributed by atoms with Crippen LogP contribution in [-0.2, 0) is 0 Å². The van der Waals surface area contributed by atoms with Crippen molar-refractivity contribution in [3.63, 3.8) is 0 Å². The van der Waals surface area contributed by atoms with Crippen LogP contribution < -0.4 is 0 Å². The molecule has 0 amide bonds. The second-order valence-electron chi connectivity index (χ2n) is 17.1. The molecule has 0 aliphatic rings. The van der Waals surface area contributed by atoms with Gasteiger partial charge in [0.25, 0.3) is 0 Å². The van der Waals surface area contributed by atoms with Gasteiger partial charge in [0, 0.05) is 27.8 Å². The molecule has 0 spiro atoms. The van der Waals surface area contributed by atoms with E-state index in [0.717, 1.165) is 50.9 Å². The van der Waals surface area contributed by atoms with Crippen LogP contribution >= 0.6 is 0 Å². The first-order chi connectivity index (χ1) is 32.7. The van der Waals surface area contributed by atoms with Crippen molar-refractivity contribution in [3.05, 3.63) is 228 Å². The Morgan fingerprint density at radius 3 is 0.970 bits per heavy atom. The number of aromatic nitrogens is 6. The molecule has 0 bridgehead atoms. The van der Waals surface area contributed by atoms with Crippen molar-refractivity contribution in [2.75, 3.05) is 0 Å². The Balaban J connectivity index is 0.000000209. The Labute approximate surface area is 391 Å². The highest BCUT2D eigenvalue weighted by molar-refractivity contribution is 6.15. The maximum atomic E-state index is 5.00. The van der Waals surface area contributed by atoms with Crippen molar-refractivity contribution in [1.82, 2.24) is 29.9 Å². The van der Waals surface area contributed by atoms with E-state index in [4.69, 9.17) is 15.0 Å². The number of hydrogen-bond donors (Lipinski definition) is 0. The van der Waals surface area contributed by atoms with Crippen LogP contribution in [-0.4, -0.2) is 29.9 Å². The van der Waals surface area contributed by atoms with Gasteiger partial charge in [-0.25, -0.2) is 29.9 Å². The van der Waals surface area contributed by atoms with E-state index in [-0.39, 0.29) is 0 Å².